The largest absolute Gasteiger partial charge is 0.387 e. The molecule has 0 aliphatic rings. The van der Waals surface area contributed by atoms with Crippen molar-refractivity contribution in [2.24, 2.45) is 0 Å². The normalized spacial score (nSPS) is 10.4. The molecule has 1 heterocycles. The summed E-state index contributed by atoms with van der Waals surface area (Å²) in [5.41, 5.74) is 3.65. The smallest absolute Gasteiger partial charge is 0.250 e. The van der Waals surface area contributed by atoms with E-state index >= 15 is 0 Å². The van der Waals surface area contributed by atoms with Crippen molar-refractivity contribution in [1.29, 1.82) is 0 Å². The maximum absolute atomic E-state index is 11.2. The van der Waals surface area contributed by atoms with Crippen LogP contribution in [-0.2, 0) is 11.3 Å². The molecule has 3 aromatic rings. The first-order valence-electron chi connectivity index (χ1n) is 7.58. The zero-order chi connectivity index (χ0) is 16.8. The highest BCUT2D eigenvalue weighted by molar-refractivity contribution is 5.91. The molecule has 0 unspecified atom stereocenters. The van der Waals surface area contributed by atoms with Crippen molar-refractivity contribution in [3.05, 3.63) is 72.6 Å². The fraction of sp³-hybridized carbons (Fsp3) is 0.111. The molecular weight excluding hydrogens is 304 g/mol. The van der Waals surface area contributed by atoms with E-state index in [1.807, 2.05) is 53.3 Å². The lowest BCUT2D eigenvalue weighted by Gasteiger charge is -2.10. The molecular formula is C18H18N4O2. The zero-order valence-electron chi connectivity index (χ0n) is 13.0. The highest BCUT2D eigenvalue weighted by Crippen LogP contribution is 2.17. The third-order valence-electron chi connectivity index (χ3n) is 3.47. The van der Waals surface area contributed by atoms with Crippen LogP contribution < -0.4 is 10.6 Å². The van der Waals surface area contributed by atoms with E-state index < -0.39 is 12.5 Å². The standard InChI is InChI=1S/C18H18N4O2/c23-13-18(24)21-16-6-2-5-15(11-16)19-12-14-4-1-7-17(10-14)22-9-3-8-20-22/h1-11,19,23H,12-13H2,(H,21,24). The molecule has 2 aromatic carbocycles. The number of nitrogens with zero attached hydrogens (tertiary/aromatic N) is 2. The van der Waals surface area contributed by atoms with Crippen LogP contribution in [0, 0.1) is 0 Å². The minimum Gasteiger partial charge on any atom is -0.387 e. The van der Waals surface area contributed by atoms with E-state index in [9.17, 15) is 4.79 Å². The van der Waals surface area contributed by atoms with Gasteiger partial charge < -0.3 is 15.7 Å². The number of hydrogen-bond acceptors (Lipinski definition) is 4. The monoisotopic (exact) mass is 322 g/mol. The van der Waals surface area contributed by atoms with Crippen LogP contribution in [-0.4, -0.2) is 27.4 Å². The quantitative estimate of drug-likeness (QED) is 0.651. The van der Waals surface area contributed by atoms with Gasteiger partial charge in [0.25, 0.3) is 0 Å². The number of benzene rings is 2. The van der Waals surface area contributed by atoms with Crippen LogP contribution in [0.4, 0.5) is 11.4 Å². The number of rotatable bonds is 6. The van der Waals surface area contributed by atoms with Gasteiger partial charge in [-0.2, -0.15) is 5.10 Å². The summed E-state index contributed by atoms with van der Waals surface area (Å²) in [6.07, 6.45) is 3.65. The van der Waals surface area contributed by atoms with Gasteiger partial charge in [0.15, 0.2) is 0 Å². The number of hydrogen-bond donors (Lipinski definition) is 3. The van der Waals surface area contributed by atoms with Crippen molar-refractivity contribution in [2.75, 3.05) is 17.2 Å². The Balaban J connectivity index is 1.67. The molecule has 0 radical (unpaired) electrons. The summed E-state index contributed by atoms with van der Waals surface area (Å²) in [7, 11) is 0. The minimum atomic E-state index is -0.530. The lowest BCUT2D eigenvalue weighted by atomic mass is 10.2. The first-order valence-corrected chi connectivity index (χ1v) is 7.58. The Morgan fingerprint density at radius 3 is 2.71 bits per heavy atom. The van der Waals surface area contributed by atoms with E-state index in [1.54, 1.807) is 12.3 Å². The molecule has 0 spiro atoms. The molecule has 3 rings (SSSR count). The minimum absolute atomic E-state index is 0.431. The fourth-order valence-electron chi connectivity index (χ4n) is 2.34. The van der Waals surface area contributed by atoms with Gasteiger partial charge in [-0.15, -0.1) is 0 Å². The van der Waals surface area contributed by atoms with Gasteiger partial charge in [0, 0.05) is 30.3 Å². The first-order chi connectivity index (χ1) is 11.7. The number of aliphatic hydroxyl groups excluding tert-OH is 1. The molecule has 122 valence electrons. The molecule has 0 aliphatic carbocycles. The number of aromatic nitrogens is 2. The molecule has 0 bridgehead atoms. The fourth-order valence-corrected chi connectivity index (χ4v) is 2.34. The van der Waals surface area contributed by atoms with E-state index in [0.29, 0.717) is 12.2 Å². The summed E-state index contributed by atoms with van der Waals surface area (Å²) in [4.78, 5) is 11.2. The number of carbonyl (C=O) groups excluding carboxylic acids is 1. The summed E-state index contributed by atoms with van der Waals surface area (Å²) < 4.78 is 1.81. The average molecular weight is 322 g/mol. The topological polar surface area (TPSA) is 79.2 Å². The highest BCUT2D eigenvalue weighted by Gasteiger charge is 2.02. The van der Waals surface area contributed by atoms with Crippen LogP contribution >= 0.6 is 0 Å². The van der Waals surface area contributed by atoms with Gasteiger partial charge in [-0.3, -0.25) is 4.79 Å². The summed E-state index contributed by atoms with van der Waals surface area (Å²) in [5.74, 6) is -0.431. The third kappa shape index (κ3) is 3.99. The number of nitrogens with one attached hydrogen (secondary N) is 2. The van der Waals surface area contributed by atoms with Crippen molar-refractivity contribution < 1.29 is 9.90 Å². The SMILES string of the molecule is O=C(CO)Nc1cccc(NCc2cccc(-n3cccn3)c2)c1. The van der Waals surface area contributed by atoms with Gasteiger partial charge in [-0.05, 0) is 42.0 Å². The van der Waals surface area contributed by atoms with Crippen LogP contribution in [0.15, 0.2) is 67.0 Å². The molecule has 24 heavy (non-hydrogen) atoms. The van der Waals surface area contributed by atoms with Crippen LogP contribution in [0.3, 0.4) is 0 Å². The molecule has 6 nitrogen and oxygen atoms in total. The van der Waals surface area contributed by atoms with E-state index in [2.05, 4.69) is 21.8 Å². The van der Waals surface area contributed by atoms with Crippen LogP contribution in [0.1, 0.15) is 5.56 Å². The van der Waals surface area contributed by atoms with Crippen molar-refractivity contribution >= 4 is 17.3 Å². The molecule has 0 saturated carbocycles. The van der Waals surface area contributed by atoms with Gasteiger partial charge in [0.2, 0.25) is 5.91 Å². The van der Waals surface area contributed by atoms with Crippen LogP contribution in [0.5, 0.6) is 0 Å². The van der Waals surface area contributed by atoms with Gasteiger partial charge in [0.05, 0.1) is 5.69 Å². The van der Waals surface area contributed by atoms with Gasteiger partial charge in [-0.25, -0.2) is 4.68 Å². The first kappa shape index (κ1) is 15.8. The average Bonchev–Trinajstić information content (AvgIpc) is 3.15. The second-order valence-electron chi connectivity index (χ2n) is 5.26. The lowest BCUT2D eigenvalue weighted by molar-refractivity contribution is -0.118. The van der Waals surface area contributed by atoms with Gasteiger partial charge in [0.1, 0.15) is 6.61 Å². The van der Waals surface area contributed by atoms with E-state index in [0.717, 1.165) is 16.9 Å². The maximum atomic E-state index is 11.2. The molecule has 3 N–H and O–H groups in total. The summed E-state index contributed by atoms with van der Waals surface area (Å²) in [6, 6.07) is 17.3. The van der Waals surface area contributed by atoms with Gasteiger partial charge >= 0.3 is 0 Å². The summed E-state index contributed by atoms with van der Waals surface area (Å²) in [6.45, 7) is 0.115. The number of aliphatic hydroxyl groups is 1. The summed E-state index contributed by atoms with van der Waals surface area (Å²) in [5, 5.41) is 19.0. The van der Waals surface area contributed by atoms with Gasteiger partial charge in [-0.1, -0.05) is 18.2 Å². The Morgan fingerprint density at radius 1 is 1.08 bits per heavy atom. The number of carbonyl (C=O) groups is 1. The van der Waals surface area contributed by atoms with E-state index in [-0.39, 0.29) is 0 Å². The van der Waals surface area contributed by atoms with Crippen LogP contribution in [0.25, 0.3) is 5.69 Å². The molecule has 0 fully saturated rings. The van der Waals surface area contributed by atoms with Crippen LogP contribution in [0.2, 0.25) is 0 Å². The summed E-state index contributed by atoms with van der Waals surface area (Å²) >= 11 is 0. The zero-order valence-corrected chi connectivity index (χ0v) is 13.0. The van der Waals surface area contributed by atoms with Crippen molar-refractivity contribution in [3.63, 3.8) is 0 Å². The molecule has 0 aliphatic heterocycles. The van der Waals surface area contributed by atoms with E-state index in [1.165, 1.54) is 0 Å². The molecule has 1 aromatic heterocycles. The Hall–Kier alpha value is -3.12. The Morgan fingerprint density at radius 2 is 1.92 bits per heavy atom. The Labute approximate surface area is 139 Å². The number of anilines is 2. The molecule has 0 saturated heterocycles. The molecule has 0 atom stereocenters. The van der Waals surface area contributed by atoms with Crippen molar-refractivity contribution in [2.45, 2.75) is 6.54 Å². The Kier molecular flexibility index (Phi) is 4.88. The second-order valence-corrected chi connectivity index (χ2v) is 5.26. The van der Waals surface area contributed by atoms with E-state index in [4.69, 9.17) is 5.11 Å². The predicted molar refractivity (Wildman–Crippen MR) is 93.0 cm³/mol. The predicted octanol–water partition coefficient (Wildman–Crippen LogP) is 2.42. The van der Waals surface area contributed by atoms with Crippen molar-refractivity contribution in [1.82, 2.24) is 9.78 Å². The number of amides is 1. The third-order valence-corrected chi connectivity index (χ3v) is 3.47. The Bertz CT molecular complexity index is 815. The second kappa shape index (κ2) is 7.43. The molecule has 6 heteroatoms. The maximum Gasteiger partial charge on any atom is 0.250 e. The lowest BCUT2D eigenvalue weighted by Crippen LogP contribution is -2.15. The molecule has 1 amide bonds. The highest BCUT2D eigenvalue weighted by atomic mass is 16.3. The van der Waals surface area contributed by atoms with Crippen molar-refractivity contribution in [3.8, 4) is 5.69 Å².